The fraction of sp³-hybridized carbons (Fsp3) is 0.314. The highest BCUT2D eigenvalue weighted by molar-refractivity contribution is 7.00. The van der Waals surface area contributed by atoms with Gasteiger partial charge in [0.05, 0.1) is 0 Å². The third kappa shape index (κ3) is 3.27. The van der Waals surface area contributed by atoms with E-state index < -0.39 is 0 Å². The number of rotatable bonds is 4. The summed E-state index contributed by atoms with van der Waals surface area (Å²) >= 11 is 0. The Morgan fingerprint density at radius 2 is 1.34 bits per heavy atom. The molecule has 0 fully saturated rings. The molecule has 0 N–H and O–H groups in total. The summed E-state index contributed by atoms with van der Waals surface area (Å²) in [5.41, 5.74) is 17.1. The summed E-state index contributed by atoms with van der Waals surface area (Å²) in [7, 11) is 0. The van der Waals surface area contributed by atoms with Gasteiger partial charge in [-0.25, -0.2) is 0 Å². The number of fused-ring (bicyclic) bond motifs is 4. The van der Waals surface area contributed by atoms with Crippen molar-refractivity contribution in [3.8, 4) is 0 Å². The smallest absolute Gasteiger partial charge is 0.252 e. The van der Waals surface area contributed by atoms with Gasteiger partial charge >= 0.3 is 0 Å². The highest BCUT2D eigenvalue weighted by atomic mass is 15.2. The maximum atomic E-state index is 2.66. The molecule has 7 rings (SSSR count). The van der Waals surface area contributed by atoms with Gasteiger partial charge in [-0.3, -0.25) is 0 Å². The first kappa shape index (κ1) is 23.6. The van der Waals surface area contributed by atoms with Crippen molar-refractivity contribution in [3.05, 3.63) is 95.1 Å². The first-order valence-electron chi connectivity index (χ1n) is 14.4. The van der Waals surface area contributed by atoms with Crippen LogP contribution < -0.4 is 26.2 Å². The molecule has 0 atom stereocenters. The zero-order valence-corrected chi connectivity index (χ0v) is 23.5. The minimum Gasteiger partial charge on any atom is -0.342 e. The molecule has 3 heteroatoms. The fourth-order valence-corrected chi connectivity index (χ4v) is 7.10. The Labute approximate surface area is 228 Å². The number of hydrogen-bond donors (Lipinski definition) is 0. The van der Waals surface area contributed by atoms with Crippen LogP contribution in [0.4, 0.5) is 28.4 Å². The summed E-state index contributed by atoms with van der Waals surface area (Å²) in [5.74, 6) is 1.48. The van der Waals surface area contributed by atoms with Crippen molar-refractivity contribution >= 4 is 51.5 Å². The van der Waals surface area contributed by atoms with E-state index in [-0.39, 0.29) is 6.71 Å². The molecule has 3 aliphatic rings. The predicted octanol–water partition coefficient (Wildman–Crippen LogP) is 7.36. The van der Waals surface area contributed by atoms with Crippen LogP contribution in [0.5, 0.6) is 0 Å². The molecular weight excluding hydrogens is 459 g/mol. The van der Waals surface area contributed by atoms with Gasteiger partial charge in [0.2, 0.25) is 0 Å². The molecule has 0 amide bonds. The van der Waals surface area contributed by atoms with E-state index in [4.69, 9.17) is 0 Å². The van der Waals surface area contributed by atoms with E-state index in [9.17, 15) is 0 Å². The fourth-order valence-electron chi connectivity index (χ4n) is 7.10. The Kier molecular flexibility index (Phi) is 5.31. The van der Waals surface area contributed by atoms with Crippen LogP contribution in [-0.2, 0) is 6.42 Å². The molecule has 4 aromatic carbocycles. The van der Waals surface area contributed by atoms with Gasteiger partial charge in [0.25, 0.3) is 6.71 Å². The third-order valence-corrected chi connectivity index (χ3v) is 9.07. The van der Waals surface area contributed by atoms with Gasteiger partial charge in [-0.1, -0.05) is 84.0 Å². The molecular formula is C35H37BN2. The van der Waals surface area contributed by atoms with Crippen molar-refractivity contribution in [3.63, 3.8) is 0 Å². The lowest BCUT2D eigenvalue weighted by Crippen LogP contribution is -2.61. The minimum absolute atomic E-state index is 0.252. The molecule has 4 aromatic rings. The lowest BCUT2D eigenvalue weighted by molar-refractivity contribution is 0.848. The van der Waals surface area contributed by atoms with Gasteiger partial charge in [-0.15, -0.1) is 0 Å². The highest BCUT2D eigenvalue weighted by Gasteiger charge is 2.45. The number of nitrogens with zero attached hydrogens (tertiary/aromatic N) is 2. The molecule has 0 unspecified atom stereocenters. The van der Waals surface area contributed by atoms with Crippen LogP contribution in [0.15, 0.2) is 72.8 Å². The largest absolute Gasteiger partial charge is 0.342 e. The normalized spacial score (nSPS) is 14.9. The van der Waals surface area contributed by atoms with Crippen molar-refractivity contribution in [1.82, 2.24) is 0 Å². The van der Waals surface area contributed by atoms with E-state index in [2.05, 4.69) is 124 Å². The highest BCUT2D eigenvalue weighted by Crippen LogP contribution is 2.46. The Morgan fingerprint density at radius 3 is 2.05 bits per heavy atom. The summed E-state index contributed by atoms with van der Waals surface area (Å²) in [6.45, 7) is 15.3. The van der Waals surface area contributed by atoms with Gasteiger partial charge in [-0.05, 0) is 93.1 Å². The number of benzene rings is 4. The second-order valence-electron chi connectivity index (χ2n) is 12.3. The summed E-state index contributed by atoms with van der Waals surface area (Å²) in [6, 6.07) is 28.1. The Balaban J connectivity index is 1.59. The molecule has 3 aliphatic heterocycles. The van der Waals surface area contributed by atoms with Crippen molar-refractivity contribution < 1.29 is 0 Å². The van der Waals surface area contributed by atoms with Gasteiger partial charge < -0.3 is 9.80 Å². The second kappa shape index (κ2) is 8.53. The van der Waals surface area contributed by atoms with Gasteiger partial charge in [0.15, 0.2) is 0 Å². The SMILES string of the molecule is CC(C)c1ccc2c(c1)N(c1ccccc1)c1cc(C(C)C)cc3c1B2c1ccc(C(C)C)c2c1N3CC2. The molecule has 0 saturated carbocycles. The number of para-hydroxylation sites is 1. The first-order chi connectivity index (χ1) is 18.3. The number of anilines is 5. The zero-order chi connectivity index (χ0) is 26.3. The van der Waals surface area contributed by atoms with E-state index in [1.807, 2.05) is 0 Å². The Bertz CT molecular complexity index is 1570. The van der Waals surface area contributed by atoms with Crippen LogP contribution in [-0.4, -0.2) is 13.3 Å². The van der Waals surface area contributed by atoms with Crippen LogP contribution in [0.1, 0.15) is 81.5 Å². The lowest BCUT2D eigenvalue weighted by atomic mass is 9.33. The zero-order valence-electron chi connectivity index (χ0n) is 23.5. The summed E-state index contributed by atoms with van der Waals surface area (Å²) in [6.07, 6.45) is 1.13. The number of hydrogen-bond acceptors (Lipinski definition) is 2. The van der Waals surface area contributed by atoms with Crippen molar-refractivity contribution in [2.45, 2.75) is 65.7 Å². The van der Waals surface area contributed by atoms with Crippen LogP contribution in [0.3, 0.4) is 0 Å². The van der Waals surface area contributed by atoms with Crippen LogP contribution in [0.2, 0.25) is 0 Å². The first-order valence-corrected chi connectivity index (χ1v) is 14.4. The van der Waals surface area contributed by atoms with Crippen LogP contribution >= 0.6 is 0 Å². The molecule has 0 radical (unpaired) electrons. The topological polar surface area (TPSA) is 6.48 Å². The van der Waals surface area contributed by atoms with E-state index in [0.717, 1.165) is 13.0 Å². The van der Waals surface area contributed by atoms with Crippen molar-refractivity contribution in [1.29, 1.82) is 0 Å². The average Bonchev–Trinajstić information content (AvgIpc) is 3.36. The monoisotopic (exact) mass is 496 g/mol. The molecule has 2 nitrogen and oxygen atoms in total. The molecule has 0 aromatic heterocycles. The molecule has 190 valence electrons. The van der Waals surface area contributed by atoms with E-state index in [1.54, 1.807) is 5.56 Å². The standard InChI is InChI=1S/C35H37BN2/c1-21(2)24-12-14-29-31(18-24)38(26-10-8-7-9-11-26)33-20-25(22(3)4)19-32-34(33)36(29)30-15-13-27(23(5)6)28-16-17-37(32)35(28)30/h7-15,18-23H,16-17H2,1-6H3. The maximum absolute atomic E-state index is 2.66. The molecule has 38 heavy (non-hydrogen) atoms. The summed E-state index contributed by atoms with van der Waals surface area (Å²) in [4.78, 5) is 5.21. The summed E-state index contributed by atoms with van der Waals surface area (Å²) in [5, 5.41) is 0. The molecule has 3 heterocycles. The van der Waals surface area contributed by atoms with E-state index >= 15 is 0 Å². The van der Waals surface area contributed by atoms with Crippen molar-refractivity contribution in [2.24, 2.45) is 0 Å². The van der Waals surface area contributed by atoms with Crippen molar-refractivity contribution in [2.75, 3.05) is 16.3 Å². The quantitative estimate of drug-likeness (QED) is 0.240. The maximum Gasteiger partial charge on any atom is 0.252 e. The average molecular weight is 497 g/mol. The molecule has 0 bridgehead atoms. The van der Waals surface area contributed by atoms with Gasteiger partial charge in [-0.2, -0.15) is 0 Å². The van der Waals surface area contributed by atoms with Gasteiger partial charge in [0.1, 0.15) is 0 Å². The van der Waals surface area contributed by atoms with E-state index in [0.29, 0.717) is 17.8 Å². The Hall–Kier alpha value is -3.46. The molecule has 0 spiro atoms. The van der Waals surface area contributed by atoms with Crippen LogP contribution in [0.25, 0.3) is 0 Å². The lowest BCUT2D eigenvalue weighted by Gasteiger charge is -2.44. The predicted molar refractivity (Wildman–Crippen MR) is 165 cm³/mol. The minimum atomic E-state index is 0.252. The van der Waals surface area contributed by atoms with Crippen LogP contribution in [0, 0.1) is 0 Å². The summed E-state index contributed by atoms with van der Waals surface area (Å²) < 4.78 is 0. The Morgan fingerprint density at radius 1 is 0.658 bits per heavy atom. The molecule has 0 aliphatic carbocycles. The third-order valence-electron chi connectivity index (χ3n) is 9.07. The molecule has 0 saturated heterocycles. The van der Waals surface area contributed by atoms with E-state index in [1.165, 1.54) is 61.5 Å². The van der Waals surface area contributed by atoms with Gasteiger partial charge in [0, 0.05) is 35.0 Å². The second-order valence-corrected chi connectivity index (χ2v) is 12.3.